The summed E-state index contributed by atoms with van der Waals surface area (Å²) >= 11 is 0. The fourth-order valence-electron chi connectivity index (χ4n) is 11.0. The lowest BCUT2D eigenvalue weighted by Gasteiger charge is -2.71. The van der Waals surface area contributed by atoms with Crippen LogP contribution in [-0.2, 0) is 4.79 Å². The molecule has 5 aliphatic rings. The SMILES string of the molecule is C[C@@H]1[C@@H](C(=O)O)CC[C@]2(C)CC[C@]3(C)C(=CCC4[C@@]5(C)CC[C@H](O)C(C)(C)C5CC[C@]43C)[C@@H]12. The van der Waals surface area contributed by atoms with Crippen LogP contribution in [0, 0.1) is 56.7 Å². The van der Waals surface area contributed by atoms with Gasteiger partial charge in [-0.05, 0) is 109 Å². The summed E-state index contributed by atoms with van der Waals surface area (Å²) in [5, 5.41) is 20.9. The minimum atomic E-state index is -0.590. The van der Waals surface area contributed by atoms with Crippen molar-refractivity contribution >= 4 is 5.97 Å². The van der Waals surface area contributed by atoms with Crippen molar-refractivity contribution in [2.75, 3.05) is 0 Å². The highest BCUT2D eigenvalue weighted by molar-refractivity contribution is 5.70. The quantitative estimate of drug-likeness (QED) is 0.414. The van der Waals surface area contributed by atoms with Crippen LogP contribution in [0.1, 0.15) is 106 Å². The molecule has 4 saturated carbocycles. The van der Waals surface area contributed by atoms with Crippen molar-refractivity contribution in [1.29, 1.82) is 0 Å². The van der Waals surface area contributed by atoms with Gasteiger partial charge in [0.05, 0.1) is 12.0 Å². The van der Waals surface area contributed by atoms with Crippen LogP contribution in [-0.4, -0.2) is 22.3 Å². The van der Waals surface area contributed by atoms with Crippen molar-refractivity contribution < 1.29 is 15.0 Å². The van der Waals surface area contributed by atoms with Crippen LogP contribution in [0.15, 0.2) is 11.6 Å². The molecule has 0 aliphatic heterocycles. The van der Waals surface area contributed by atoms with Gasteiger partial charge in [0.25, 0.3) is 0 Å². The van der Waals surface area contributed by atoms with Crippen LogP contribution < -0.4 is 0 Å². The maximum Gasteiger partial charge on any atom is 0.306 e. The summed E-state index contributed by atoms with van der Waals surface area (Å²) < 4.78 is 0. The van der Waals surface area contributed by atoms with Crippen LogP contribution in [0.25, 0.3) is 0 Å². The topological polar surface area (TPSA) is 57.5 Å². The molecular formula is C30H48O3. The van der Waals surface area contributed by atoms with E-state index in [1.807, 2.05) is 0 Å². The lowest BCUT2D eigenvalue weighted by molar-refractivity contribution is -0.204. The molecule has 3 nitrogen and oxygen atoms in total. The normalized spacial score (nSPS) is 55.3. The molecule has 2 unspecified atom stereocenters. The number of carbonyl (C=O) groups is 1. The number of carboxylic acid groups (broad SMARTS) is 1. The number of aliphatic hydroxyl groups is 1. The Hall–Kier alpha value is -0.830. The number of allylic oxidation sites excluding steroid dienone is 2. The molecule has 0 aromatic carbocycles. The number of hydrogen-bond acceptors (Lipinski definition) is 2. The van der Waals surface area contributed by atoms with Crippen molar-refractivity contribution in [3.63, 3.8) is 0 Å². The Morgan fingerprint density at radius 1 is 0.909 bits per heavy atom. The zero-order valence-corrected chi connectivity index (χ0v) is 22.2. The number of fused-ring (bicyclic) bond motifs is 7. The Balaban J connectivity index is 1.58. The first kappa shape index (κ1) is 23.9. The molecule has 5 aliphatic carbocycles. The molecule has 0 radical (unpaired) electrons. The zero-order chi connectivity index (χ0) is 24.2. The zero-order valence-electron chi connectivity index (χ0n) is 22.2. The molecule has 0 aromatic rings. The molecule has 0 aromatic heterocycles. The van der Waals surface area contributed by atoms with E-state index in [0.29, 0.717) is 17.8 Å². The van der Waals surface area contributed by atoms with Crippen LogP contribution >= 0.6 is 0 Å². The third-order valence-electron chi connectivity index (χ3n) is 13.3. The molecule has 33 heavy (non-hydrogen) atoms. The monoisotopic (exact) mass is 456 g/mol. The Kier molecular flexibility index (Phi) is 5.15. The second kappa shape index (κ2) is 7.11. The van der Waals surface area contributed by atoms with Crippen molar-refractivity contribution in [2.45, 2.75) is 112 Å². The highest BCUT2D eigenvalue weighted by Gasteiger charge is 2.68. The van der Waals surface area contributed by atoms with Gasteiger partial charge in [0.2, 0.25) is 0 Å². The van der Waals surface area contributed by atoms with E-state index >= 15 is 0 Å². The Morgan fingerprint density at radius 3 is 2.27 bits per heavy atom. The molecule has 2 N–H and O–H groups in total. The number of aliphatic carboxylic acids is 1. The molecule has 4 fully saturated rings. The lowest BCUT2D eigenvalue weighted by Crippen LogP contribution is -2.64. The Bertz CT molecular complexity index is 874. The first-order valence-corrected chi connectivity index (χ1v) is 13.8. The fourth-order valence-corrected chi connectivity index (χ4v) is 11.0. The Morgan fingerprint density at radius 2 is 1.61 bits per heavy atom. The minimum Gasteiger partial charge on any atom is -0.481 e. The van der Waals surface area contributed by atoms with Gasteiger partial charge in [-0.1, -0.05) is 60.1 Å². The van der Waals surface area contributed by atoms with E-state index in [0.717, 1.165) is 32.1 Å². The predicted octanol–water partition coefficient (Wildman–Crippen LogP) is 7.09. The van der Waals surface area contributed by atoms with Gasteiger partial charge in [0.15, 0.2) is 0 Å². The van der Waals surface area contributed by atoms with Crippen molar-refractivity contribution in [3.05, 3.63) is 11.6 Å². The van der Waals surface area contributed by atoms with Crippen molar-refractivity contribution in [1.82, 2.24) is 0 Å². The number of aliphatic hydroxyl groups excluding tert-OH is 1. The van der Waals surface area contributed by atoms with Gasteiger partial charge < -0.3 is 10.2 Å². The summed E-state index contributed by atoms with van der Waals surface area (Å²) in [5.74, 6) is 1.04. The van der Waals surface area contributed by atoms with Crippen LogP contribution in [0.2, 0.25) is 0 Å². The van der Waals surface area contributed by atoms with Crippen LogP contribution in [0.5, 0.6) is 0 Å². The third-order valence-corrected chi connectivity index (χ3v) is 13.3. The number of carboxylic acids is 1. The smallest absolute Gasteiger partial charge is 0.306 e. The summed E-state index contributed by atoms with van der Waals surface area (Å²) in [6.07, 6.45) is 12.5. The average molecular weight is 457 g/mol. The van der Waals surface area contributed by atoms with E-state index in [1.165, 1.54) is 25.7 Å². The van der Waals surface area contributed by atoms with Gasteiger partial charge >= 0.3 is 5.97 Å². The summed E-state index contributed by atoms with van der Waals surface area (Å²) in [6, 6.07) is 0. The Labute approximate surface area is 201 Å². The number of rotatable bonds is 1. The third kappa shape index (κ3) is 2.87. The molecule has 186 valence electrons. The highest BCUT2D eigenvalue weighted by Crippen LogP contribution is 2.75. The fraction of sp³-hybridized carbons (Fsp3) is 0.900. The summed E-state index contributed by atoms with van der Waals surface area (Å²) in [4.78, 5) is 12.1. The average Bonchev–Trinajstić information content (AvgIpc) is 2.72. The van der Waals surface area contributed by atoms with E-state index in [4.69, 9.17) is 0 Å². The highest BCUT2D eigenvalue weighted by atomic mass is 16.4. The van der Waals surface area contributed by atoms with Crippen molar-refractivity contribution in [2.24, 2.45) is 56.7 Å². The summed E-state index contributed by atoms with van der Waals surface area (Å²) in [6.45, 7) is 17.1. The summed E-state index contributed by atoms with van der Waals surface area (Å²) in [5.41, 5.74) is 2.53. The van der Waals surface area contributed by atoms with Crippen molar-refractivity contribution in [3.8, 4) is 0 Å². The second-order valence-corrected chi connectivity index (χ2v) is 14.6. The van der Waals surface area contributed by atoms with E-state index in [-0.39, 0.29) is 45.0 Å². The van der Waals surface area contributed by atoms with Gasteiger partial charge in [0, 0.05) is 0 Å². The van der Waals surface area contributed by atoms with E-state index in [1.54, 1.807) is 5.57 Å². The van der Waals surface area contributed by atoms with E-state index in [2.05, 4.69) is 54.5 Å². The van der Waals surface area contributed by atoms with E-state index < -0.39 is 5.97 Å². The maximum atomic E-state index is 12.1. The predicted molar refractivity (Wildman–Crippen MR) is 133 cm³/mol. The standard InChI is InChI=1S/C30H48O3/c1-18-19(25(32)33)10-13-27(4)16-17-29(6)20(24(18)27)8-9-22-28(5)14-12-23(31)26(2,3)21(28)11-15-30(22,29)7/h8,18-19,21-24,31H,9-17H2,1-7H3,(H,32,33)/t18-,19+,21?,22?,23+,24-,27-,28+,29-,30-/m1/s1. The van der Waals surface area contributed by atoms with Gasteiger partial charge in [-0.25, -0.2) is 0 Å². The molecule has 0 spiro atoms. The summed E-state index contributed by atoms with van der Waals surface area (Å²) in [7, 11) is 0. The van der Waals surface area contributed by atoms with E-state index in [9.17, 15) is 15.0 Å². The molecule has 5 rings (SSSR count). The van der Waals surface area contributed by atoms with Crippen LogP contribution in [0.3, 0.4) is 0 Å². The molecule has 0 amide bonds. The minimum absolute atomic E-state index is 0.0169. The van der Waals surface area contributed by atoms with Crippen LogP contribution in [0.4, 0.5) is 0 Å². The molecular weight excluding hydrogens is 408 g/mol. The van der Waals surface area contributed by atoms with Gasteiger partial charge in [-0.3, -0.25) is 4.79 Å². The molecule has 3 heteroatoms. The molecule has 0 saturated heterocycles. The first-order valence-electron chi connectivity index (χ1n) is 13.8. The van der Waals surface area contributed by atoms with Gasteiger partial charge in [-0.2, -0.15) is 0 Å². The molecule has 10 atom stereocenters. The molecule has 0 heterocycles. The largest absolute Gasteiger partial charge is 0.481 e. The first-order chi connectivity index (χ1) is 15.2. The number of hydrogen-bond donors (Lipinski definition) is 2. The lowest BCUT2D eigenvalue weighted by atomic mass is 9.33. The maximum absolute atomic E-state index is 12.1. The van der Waals surface area contributed by atoms with Gasteiger partial charge in [0.1, 0.15) is 0 Å². The van der Waals surface area contributed by atoms with Gasteiger partial charge in [-0.15, -0.1) is 0 Å². The molecule has 0 bridgehead atoms. The second-order valence-electron chi connectivity index (χ2n) is 14.6.